The third kappa shape index (κ3) is 25.9. The van der Waals surface area contributed by atoms with Gasteiger partial charge in [0.2, 0.25) is 0 Å². The molecule has 0 aromatic rings. The molecule has 0 N–H and O–H groups in total. The lowest BCUT2D eigenvalue weighted by Crippen LogP contribution is -3.00. The van der Waals surface area contributed by atoms with Gasteiger partial charge in [-0.3, -0.25) is 0 Å². The molecule has 0 atom stereocenters. The predicted molar refractivity (Wildman–Crippen MR) is 162 cm³/mol. The van der Waals surface area contributed by atoms with Crippen LogP contribution in [0.25, 0.3) is 0 Å². The lowest BCUT2D eigenvalue weighted by Gasteiger charge is -2.39. The molecule has 0 radical (unpaired) electrons. The van der Waals surface area contributed by atoms with Crippen LogP contribution in [0.15, 0.2) is 0 Å². The van der Waals surface area contributed by atoms with Crippen molar-refractivity contribution >= 4 is 0 Å². The van der Waals surface area contributed by atoms with Crippen LogP contribution in [-0.4, -0.2) is 30.7 Å². The second-order valence-electron chi connectivity index (χ2n) is 12.0. The van der Waals surface area contributed by atoms with E-state index in [0.29, 0.717) is 0 Å². The number of rotatable bonds is 30. The fourth-order valence-electron chi connectivity index (χ4n) is 5.93. The average Bonchev–Trinajstić information content (AvgIpc) is 2.87. The van der Waals surface area contributed by atoms with E-state index in [1.54, 1.807) is 0 Å². The standard InChI is InChI=1S/C34H72N.ClH/c1-5-9-13-17-18-19-20-21-22-23-24-25-26-30-34-35(31-27-14-10-6-2,32-28-15-11-7-3)33-29-16-12-8-4;/h5-34H2,1-4H3;1H/q+1;/p-1. The molecule has 0 rings (SSSR count). The summed E-state index contributed by atoms with van der Waals surface area (Å²) in [6, 6.07) is 0. The van der Waals surface area contributed by atoms with Gasteiger partial charge in [-0.1, -0.05) is 143 Å². The predicted octanol–water partition coefficient (Wildman–Crippen LogP) is 9.03. The number of halogens is 1. The molecule has 0 saturated heterocycles. The highest BCUT2D eigenvalue weighted by Crippen LogP contribution is 2.20. The van der Waals surface area contributed by atoms with Gasteiger partial charge >= 0.3 is 0 Å². The van der Waals surface area contributed by atoms with E-state index in [1.165, 1.54) is 198 Å². The second-order valence-corrected chi connectivity index (χ2v) is 12.0. The largest absolute Gasteiger partial charge is 1.00 e. The van der Waals surface area contributed by atoms with E-state index in [-0.39, 0.29) is 12.4 Å². The highest BCUT2D eigenvalue weighted by Gasteiger charge is 2.25. The minimum absolute atomic E-state index is 0. The lowest BCUT2D eigenvalue weighted by molar-refractivity contribution is -0.929. The van der Waals surface area contributed by atoms with Crippen molar-refractivity contribution in [2.45, 2.75) is 195 Å². The Morgan fingerprint density at radius 3 is 0.639 bits per heavy atom. The van der Waals surface area contributed by atoms with Gasteiger partial charge in [-0.15, -0.1) is 0 Å². The van der Waals surface area contributed by atoms with Gasteiger partial charge in [0.15, 0.2) is 0 Å². The third-order valence-electron chi connectivity index (χ3n) is 8.44. The number of quaternary nitrogens is 1. The van der Waals surface area contributed by atoms with Crippen LogP contribution >= 0.6 is 0 Å². The first kappa shape index (κ1) is 38.4. The molecule has 0 heterocycles. The van der Waals surface area contributed by atoms with E-state index in [2.05, 4.69) is 27.7 Å². The van der Waals surface area contributed by atoms with Crippen LogP contribution in [0.5, 0.6) is 0 Å². The van der Waals surface area contributed by atoms with Gasteiger partial charge in [0.05, 0.1) is 26.2 Å². The van der Waals surface area contributed by atoms with E-state index in [0.717, 1.165) is 0 Å². The Bertz CT molecular complexity index is 352. The van der Waals surface area contributed by atoms with Crippen molar-refractivity contribution in [2.24, 2.45) is 0 Å². The maximum absolute atomic E-state index is 2.35. The molecule has 0 unspecified atom stereocenters. The third-order valence-corrected chi connectivity index (χ3v) is 8.44. The molecule has 0 amide bonds. The molecular formula is C34H72ClN. The number of unbranched alkanes of at least 4 members (excludes halogenated alkanes) is 22. The monoisotopic (exact) mass is 530 g/mol. The van der Waals surface area contributed by atoms with Crippen molar-refractivity contribution in [3.63, 3.8) is 0 Å². The van der Waals surface area contributed by atoms with E-state index in [4.69, 9.17) is 0 Å². The van der Waals surface area contributed by atoms with Crippen LogP contribution in [0.2, 0.25) is 0 Å². The van der Waals surface area contributed by atoms with E-state index in [1.807, 2.05) is 0 Å². The molecule has 0 aliphatic rings. The molecule has 1 nitrogen and oxygen atoms in total. The first-order chi connectivity index (χ1) is 17.2. The lowest BCUT2D eigenvalue weighted by atomic mass is 10.0. The van der Waals surface area contributed by atoms with E-state index in [9.17, 15) is 0 Å². The zero-order chi connectivity index (χ0) is 25.7. The smallest absolute Gasteiger partial charge is 0.0786 e. The molecule has 0 fully saturated rings. The maximum Gasteiger partial charge on any atom is 0.0786 e. The van der Waals surface area contributed by atoms with Gasteiger partial charge in [-0.2, -0.15) is 0 Å². The summed E-state index contributed by atoms with van der Waals surface area (Å²) in [4.78, 5) is 0. The molecule has 0 aliphatic heterocycles. The van der Waals surface area contributed by atoms with Crippen molar-refractivity contribution in [1.82, 2.24) is 0 Å². The zero-order valence-corrected chi connectivity index (χ0v) is 26.8. The summed E-state index contributed by atoms with van der Waals surface area (Å²) in [5, 5.41) is 0. The van der Waals surface area contributed by atoms with Gasteiger partial charge in [-0.05, 0) is 51.4 Å². The van der Waals surface area contributed by atoms with Crippen LogP contribution in [0.3, 0.4) is 0 Å². The van der Waals surface area contributed by atoms with Gasteiger partial charge < -0.3 is 16.9 Å². The van der Waals surface area contributed by atoms with Crippen LogP contribution in [0.4, 0.5) is 0 Å². The van der Waals surface area contributed by atoms with E-state index < -0.39 is 0 Å². The molecular weight excluding hydrogens is 458 g/mol. The highest BCUT2D eigenvalue weighted by molar-refractivity contribution is 4.54. The zero-order valence-electron chi connectivity index (χ0n) is 26.0. The van der Waals surface area contributed by atoms with Gasteiger partial charge in [0.25, 0.3) is 0 Å². The van der Waals surface area contributed by atoms with Gasteiger partial charge in [-0.25, -0.2) is 0 Å². The fraction of sp³-hybridized carbons (Fsp3) is 1.00. The summed E-state index contributed by atoms with van der Waals surface area (Å²) >= 11 is 0. The highest BCUT2D eigenvalue weighted by atomic mass is 35.5. The maximum atomic E-state index is 2.35. The molecule has 220 valence electrons. The second kappa shape index (κ2) is 31.5. The Morgan fingerprint density at radius 2 is 0.417 bits per heavy atom. The quantitative estimate of drug-likeness (QED) is 0.0642. The molecule has 0 aromatic heterocycles. The summed E-state index contributed by atoms with van der Waals surface area (Å²) in [6.45, 7) is 15.3. The van der Waals surface area contributed by atoms with Gasteiger partial charge in [0.1, 0.15) is 0 Å². The Hall–Kier alpha value is 0.250. The number of hydrogen-bond donors (Lipinski definition) is 0. The van der Waals surface area contributed by atoms with E-state index >= 15 is 0 Å². The van der Waals surface area contributed by atoms with Crippen molar-refractivity contribution in [2.75, 3.05) is 26.2 Å². The molecule has 0 aliphatic carbocycles. The van der Waals surface area contributed by atoms with Crippen molar-refractivity contribution < 1.29 is 16.9 Å². The fourth-order valence-corrected chi connectivity index (χ4v) is 5.93. The Morgan fingerprint density at radius 1 is 0.250 bits per heavy atom. The molecule has 0 bridgehead atoms. The number of hydrogen-bond acceptors (Lipinski definition) is 0. The van der Waals surface area contributed by atoms with Gasteiger partial charge in [0, 0.05) is 0 Å². The molecule has 0 saturated carbocycles. The minimum atomic E-state index is 0. The van der Waals surface area contributed by atoms with Crippen LogP contribution in [0, 0.1) is 0 Å². The Balaban J connectivity index is 0. The summed E-state index contributed by atoms with van der Waals surface area (Å²) in [5.41, 5.74) is 0. The van der Waals surface area contributed by atoms with Crippen LogP contribution < -0.4 is 12.4 Å². The average molecular weight is 530 g/mol. The minimum Gasteiger partial charge on any atom is -1.00 e. The Labute approximate surface area is 237 Å². The topological polar surface area (TPSA) is 0 Å². The summed E-state index contributed by atoms with van der Waals surface area (Å²) in [7, 11) is 0. The first-order valence-electron chi connectivity index (χ1n) is 17.1. The normalized spacial score (nSPS) is 11.7. The van der Waals surface area contributed by atoms with Crippen molar-refractivity contribution in [1.29, 1.82) is 0 Å². The Kier molecular flexibility index (Phi) is 33.6. The first-order valence-corrected chi connectivity index (χ1v) is 17.1. The van der Waals surface area contributed by atoms with Crippen LogP contribution in [0.1, 0.15) is 195 Å². The molecule has 36 heavy (non-hydrogen) atoms. The van der Waals surface area contributed by atoms with Crippen molar-refractivity contribution in [3.05, 3.63) is 0 Å². The summed E-state index contributed by atoms with van der Waals surface area (Å²) in [6.07, 6.45) is 37.8. The summed E-state index contributed by atoms with van der Waals surface area (Å²) < 4.78 is 1.47. The molecule has 0 aromatic carbocycles. The van der Waals surface area contributed by atoms with Crippen molar-refractivity contribution in [3.8, 4) is 0 Å². The van der Waals surface area contributed by atoms with Crippen LogP contribution in [-0.2, 0) is 0 Å². The number of nitrogens with zero attached hydrogens (tertiary/aromatic N) is 1. The molecule has 2 heteroatoms. The SMILES string of the molecule is CCCCCCCCCCCCCCCC[N+](CCCCCC)(CCCCCC)CCCCCC.[Cl-]. The summed E-state index contributed by atoms with van der Waals surface area (Å²) in [5.74, 6) is 0. The molecule has 0 spiro atoms.